The van der Waals surface area contributed by atoms with Crippen LogP contribution in [0.25, 0.3) is 0 Å². The molecule has 0 saturated heterocycles. The quantitative estimate of drug-likeness (QED) is 0.163. The molecule has 0 heterocycles. The molecular weight excluding hydrogens is 493 g/mol. The number of benzene rings is 2. The van der Waals surface area contributed by atoms with E-state index in [1.54, 1.807) is 12.1 Å². The van der Waals surface area contributed by atoms with Crippen LogP contribution in [0.5, 0.6) is 0 Å². The zero-order valence-corrected chi connectivity index (χ0v) is 22.0. The molecule has 0 spiro atoms. The summed E-state index contributed by atoms with van der Waals surface area (Å²) in [4.78, 5) is 1.86. The van der Waals surface area contributed by atoms with Gasteiger partial charge < -0.3 is 9.45 Å². The zero-order valence-electron chi connectivity index (χ0n) is 18.4. The first-order valence-corrected chi connectivity index (χ1v) is 12.6. The van der Waals surface area contributed by atoms with Gasteiger partial charge in [-0.25, -0.2) is 16.8 Å². The number of sulfone groups is 1. The number of rotatable bonds is 12. The van der Waals surface area contributed by atoms with E-state index in [-0.39, 0.29) is 34.5 Å². The number of hydrogen-bond acceptors (Lipinski definition) is 11. The van der Waals surface area contributed by atoms with Crippen molar-refractivity contribution in [2.45, 2.75) is 17.7 Å². The van der Waals surface area contributed by atoms with Crippen LogP contribution in [0.3, 0.4) is 0 Å². The first kappa shape index (κ1) is 29.7. The first-order chi connectivity index (χ1) is 15.6. The molecule has 0 fully saturated rings. The van der Waals surface area contributed by atoms with Gasteiger partial charge >= 0.3 is 29.6 Å². The Morgan fingerprint density at radius 2 is 1.32 bits per heavy atom. The number of azo groups is 1. The van der Waals surface area contributed by atoms with Gasteiger partial charge in [-0.1, -0.05) is 0 Å². The van der Waals surface area contributed by atoms with E-state index in [4.69, 9.17) is 10.5 Å². The SMILES string of the molecule is N#CCCN(CCC#N)c1ccc(N=Nc2ccc(S(=O)(=O)CCOS(=O)(=O)[O-])cc2)cc1.[Na+]. The molecule has 0 bridgehead atoms. The van der Waals surface area contributed by atoms with Gasteiger partial charge in [0.15, 0.2) is 9.84 Å². The topological polar surface area (TPSA) is 176 Å². The van der Waals surface area contributed by atoms with E-state index in [9.17, 15) is 21.4 Å². The molecule has 2 aromatic rings. The third-order valence-electron chi connectivity index (χ3n) is 4.26. The fourth-order valence-electron chi connectivity index (χ4n) is 2.67. The second kappa shape index (κ2) is 14.1. The number of nitriles is 2. The molecule has 0 unspecified atom stereocenters. The minimum atomic E-state index is -4.96. The van der Waals surface area contributed by atoms with Gasteiger partial charge in [-0.2, -0.15) is 20.8 Å². The predicted octanol–water partition coefficient (Wildman–Crippen LogP) is -0.00974. The maximum atomic E-state index is 12.2. The number of nitrogens with zero attached hydrogens (tertiary/aromatic N) is 5. The Morgan fingerprint density at radius 3 is 1.76 bits per heavy atom. The Morgan fingerprint density at radius 1 is 0.853 bits per heavy atom. The van der Waals surface area contributed by atoms with Gasteiger partial charge in [-0.05, 0) is 48.5 Å². The molecule has 0 aromatic heterocycles. The monoisotopic (exact) mass is 513 g/mol. The zero-order chi connectivity index (χ0) is 24.3. The summed E-state index contributed by atoms with van der Waals surface area (Å²) >= 11 is 0. The van der Waals surface area contributed by atoms with Gasteiger partial charge in [0.1, 0.15) is 0 Å². The Hall–Kier alpha value is -2.36. The van der Waals surface area contributed by atoms with Crippen molar-refractivity contribution in [3.05, 3.63) is 48.5 Å². The van der Waals surface area contributed by atoms with E-state index in [1.165, 1.54) is 24.3 Å². The van der Waals surface area contributed by atoms with Crippen molar-refractivity contribution < 1.29 is 55.1 Å². The van der Waals surface area contributed by atoms with Gasteiger partial charge in [-0.15, -0.1) is 0 Å². The summed E-state index contributed by atoms with van der Waals surface area (Å²) < 4.78 is 59.5. The summed E-state index contributed by atoms with van der Waals surface area (Å²) in [5.74, 6) is -0.665. The van der Waals surface area contributed by atoms with Crippen LogP contribution in [-0.2, 0) is 24.4 Å². The van der Waals surface area contributed by atoms with E-state index in [0.717, 1.165) is 5.69 Å². The summed E-state index contributed by atoms with van der Waals surface area (Å²) in [6, 6.07) is 16.7. The maximum Gasteiger partial charge on any atom is 1.00 e. The van der Waals surface area contributed by atoms with E-state index >= 15 is 0 Å². The van der Waals surface area contributed by atoms with Crippen LogP contribution in [0.2, 0.25) is 0 Å². The molecule has 0 aliphatic heterocycles. The van der Waals surface area contributed by atoms with Crippen LogP contribution >= 0.6 is 0 Å². The molecule has 2 rings (SSSR count). The first-order valence-electron chi connectivity index (χ1n) is 9.58. The molecule has 0 saturated carbocycles. The van der Waals surface area contributed by atoms with Crippen LogP contribution in [-0.4, -0.2) is 46.8 Å². The van der Waals surface area contributed by atoms with Crippen LogP contribution < -0.4 is 34.5 Å². The van der Waals surface area contributed by atoms with Crippen LogP contribution in [0.1, 0.15) is 12.8 Å². The fraction of sp³-hybridized carbons (Fsp3) is 0.300. The molecule has 0 radical (unpaired) electrons. The number of anilines is 1. The molecule has 2 aromatic carbocycles. The largest absolute Gasteiger partial charge is 1.00 e. The maximum absolute atomic E-state index is 12.2. The van der Waals surface area contributed by atoms with Gasteiger partial charge in [0.05, 0.1) is 53.6 Å². The molecule has 0 atom stereocenters. The second-order valence-electron chi connectivity index (χ2n) is 6.56. The Balaban J connectivity index is 0.00000578. The molecule has 0 N–H and O–H groups in total. The van der Waals surface area contributed by atoms with Gasteiger partial charge in [0.2, 0.25) is 10.4 Å². The van der Waals surface area contributed by atoms with E-state index in [0.29, 0.717) is 37.3 Å². The van der Waals surface area contributed by atoms with Gasteiger partial charge in [0.25, 0.3) is 0 Å². The van der Waals surface area contributed by atoms with Crippen molar-refractivity contribution in [1.29, 1.82) is 10.5 Å². The Labute approximate surface area is 220 Å². The van der Waals surface area contributed by atoms with Crippen molar-refractivity contribution in [1.82, 2.24) is 0 Å². The minimum Gasteiger partial charge on any atom is -0.726 e. The van der Waals surface area contributed by atoms with Crippen molar-refractivity contribution in [2.24, 2.45) is 10.2 Å². The third-order valence-corrected chi connectivity index (χ3v) is 6.41. The molecule has 0 amide bonds. The third kappa shape index (κ3) is 10.3. The van der Waals surface area contributed by atoms with Crippen molar-refractivity contribution in [3.63, 3.8) is 0 Å². The van der Waals surface area contributed by atoms with Crippen LogP contribution in [0.4, 0.5) is 17.1 Å². The summed E-state index contributed by atoms with van der Waals surface area (Å²) in [7, 11) is -8.79. The van der Waals surface area contributed by atoms with E-state index < -0.39 is 32.6 Å². The fourth-order valence-corrected chi connectivity index (χ4v) is 4.15. The normalized spacial score (nSPS) is 11.4. The van der Waals surface area contributed by atoms with E-state index in [1.807, 2.05) is 17.0 Å². The smallest absolute Gasteiger partial charge is 0.726 e. The second-order valence-corrected chi connectivity index (χ2v) is 9.72. The van der Waals surface area contributed by atoms with Gasteiger partial charge in [-0.3, -0.25) is 4.18 Å². The van der Waals surface area contributed by atoms with E-state index in [2.05, 4.69) is 26.6 Å². The van der Waals surface area contributed by atoms with Crippen molar-refractivity contribution in [2.75, 3.05) is 30.3 Å². The molecular formula is C20H20N5NaO6S2. The summed E-state index contributed by atoms with van der Waals surface area (Å²) in [6.07, 6.45) is 0.673. The van der Waals surface area contributed by atoms with Crippen molar-refractivity contribution in [3.8, 4) is 12.1 Å². The molecule has 174 valence electrons. The Bertz CT molecular complexity index is 1230. The summed E-state index contributed by atoms with van der Waals surface area (Å²) in [5.41, 5.74) is 1.79. The minimum absolute atomic E-state index is 0. The summed E-state index contributed by atoms with van der Waals surface area (Å²) in [6.45, 7) is 0.246. The van der Waals surface area contributed by atoms with Crippen molar-refractivity contribution >= 4 is 37.3 Å². The average molecular weight is 514 g/mol. The predicted molar refractivity (Wildman–Crippen MR) is 117 cm³/mol. The molecule has 34 heavy (non-hydrogen) atoms. The van der Waals surface area contributed by atoms with Gasteiger partial charge in [0, 0.05) is 18.8 Å². The molecule has 11 nitrogen and oxygen atoms in total. The standard InChI is InChI=1S/C20H21N5O6S2.Na/c21-11-1-13-25(14-2-12-22)19-7-3-17(4-8-19)23-24-18-5-9-20(10-6-18)32(26,27)16-15-31-33(28,29)30;/h3-10H,1-2,13-16H2,(H,28,29,30);/q;+1/p-1. The van der Waals surface area contributed by atoms with Crippen LogP contribution in [0, 0.1) is 22.7 Å². The number of hydrogen-bond donors (Lipinski definition) is 0. The molecule has 0 aliphatic carbocycles. The Kier molecular flexibility index (Phi) is 12.3. The summed E-state index contributed by atoms with van der Waals surface area (Å²) in [5, 5.41) is 25.7. The van der Waals surface area contributed by atoms with Crippen LogP contribution in [0.15, 0.2) is 63.7 Å². The molecule has 14 heteroatoms. The average Bonchev–Trinajstić information content (AvgIpc) is 2.77. The molecule has 0 aliphatic rings.